The van der Waals surface area contributed by atoms with Gasteiger partial charge in [-0.2, -0.15) is 0 Å². The van der Waals surface area contributed by atoms with Crippen LogP contribution in [0.5, 0.6) is 0 Å². The van der Waals surface area contributed by atoms with Gasteiger partial charge in [-0.05, 0) is 80.5 Å². The molecule has 4 saturated carbocycles. The first-order chi connectivity index (χ1) is 11.6. The Morgan fingerprint density at radius 1 is 1.04 bits per heavy atom. The molecule has 4 aliphatic carbocycles. The fourth-order valence-electron chi connectivity index (χ4n) is 7.24. The van der Waals surface area contributed by atoms with E-state index in [1.807, 2.05) is 0 Å². The summed E-state index contributed by atoms with van der Waals surface area (Å²) < 4.78 is 37.6. The normalized spacial score (nSPS) is 48.1. The van der Waals surface area contributed by atoms with E-state index in [9.17, 15) is 17.8 Å². The predicted molar refractivity (Wildman–Crippen MR) is 91.3 cm³/mol. The van der Waals surface area contributed by atoms with Gasteiger partial charge in [0.05, 0.1) is 6.10 Å². The Morgan fingerprint density at radius 2 is 1.77 bits per heavy atom. The summed E-state index contributed by atoms with van der Waals surface area (Å²) in [6, 6.07) is 0. The van der Waals surface area contributed by atoms with Crippen molar-refractivity contribution >= 4 is 16.2 Å². The van der Waals surface area contributed by atoms with Gasteiger partial charge in [0.15, 0.2) is 0 Å². The summed E-state index contributed by atoms with van der Waals surface area (Å²) in [4.78, 5) is 12.4. The molecular formula is C19H29NaO5S. The number of ketones is 1. The third kappa shape index (κ3) is 3.37. The van der Waals surface area contributed by atoms with Crippen LogP contribution in [0, 0.1) is 34.5 Å². The van der Waals surface area contributed by atoms with E-state index in [4.69, 9.17) is 4.18 Å². The number of carbonyl (C=O) groups is 1. The van der Waals surface area contributed by atoms with Crippen LogP contribution in [0.3, 0.4) is 0 Å². The second-order valence-corrected chi connectivity index (χ2v) is 10.5. The van der Waals surface area contributed by atoms with E-state index in [0.29, 0.717) is 42.3 Å². The predicted octanol–water partition coefficient (Wildman–Crippen LogP) is 0.448. The number of fused-ring (bicyclic) bond motifs is 5. The van der Waals surface area contributed by atoms with Crippen LogP contribution < -0.4 is 29.6 Å². The summed E-state index contributed by atoms with van der Waals surface area (Å²) in [5, 5.41) is 0. The van der Waals surface area contributed by atoms with Crippen molar-refractivity contribution in [3.05, 3.63) is 0 Å². The third-order valence-corrected chi connectivity index (χ3v) is 9.09. The molecule has 0 saturated heterocycles. The SMILES string of the molecule is C[C@]12CCC(OS(=O)(=O)[O-])CC1CCC1C2CC[C@]2(C)C(=O)CCC12.[Na+]. The van der Waals surface area contributed by atoms with Gasteiger partial charge in [-0.15, -0.1) is 0 Å². The molecule has 7 heteroatoms. The van der Waals surface area contributed by atoms with Gasteiger partial charge in [-0.25, -0.2) is 8.42 Å². The first-order valence-corrected chi connectivity index (χ1v) is 11.1. The Hall–Kier alpha value is 0.540. The van der Waals surface area contributed by atoms with Crippen LogP contribution in [0.25, 0.3) is 0 Å². The average Bonchev–Trinajstić information content (AvgIpc) is 2.82. The van der Waals surface area contributed by atoms with Crippen molar-refractivity contribution in [3.63, 3.8) is 0 Å². The van der Waals surface area contributed by atoms with Crippen LogP contribution in [0.15, 0.2) is 0 Å². The fourth-order valence-corrected chi connectivity index (χ4v) is 7.75. The minimum atomic E-state index is -4.62. The number of hydrogen-bond donors (Lipinski definition) is 0. The van der Waals surface area contributed by atoms with E-state index >= 15 is 0 Å². The van der Waals surface area contributed by atoms with Gasteiger partial charge in [0.25, 0.3) is 0 Å². The van der Waals surface area contributed by atoms with Crippen LogP contribution in [0.1, 0.15) is 71.6 Å². The molecule has 0 radical (unpaired) electrons. The van der Waals surface area contributed by atoms with E-state index in [-0.39, 0.29) is 40.4 Å². The quantitative estimate of drug-likeness (QED) is 0.387. The number of rotatable bonds is 2. The molecule has 26 heavy (non-hydrogen) atoms. The van der Waals surface area contributed by atoms with Crippen molar-refractivity contribution in [1.29, 1.82) is 0 Å². The molecule has 0 aromatic carbocycles. The summed E-state index contributed by atoms with van der Waals surface area (Å²) in [7, 11) is -4.62. The molecule has 0 N–H and O–H groups in total. The Balaban J connectivity index is 0.00000196. The van der Waals surface area contributed by atoms with E-state index < -0.39 is 16.5 Å². The Kier molecular flexibility index (Phi) is 5.80. The molecule has 0 heterocycles. The molecule has 7 atom stereocenters. The zero-order chi connectivity index (χ0) is 18.0. The van der Waals surface area contributed by atoms with Crippen molar-refractivity contribution in [2.75, 3.05) is 0 Å². The van der Waals surface area contributed by atoms with Crippen LogP contribution in [0.4, 0.5) is 0 Å². The van der Waals surface area contributed by atoms with Crippen LogP contribution in [-0.2, 0) is 19.4 Å². The molecule has 5 nitrogen and oxygen atoms in total. The summed E-state index contributed by atoms with van der Waals surface area (Å²) in [6.45, 7) is 4.57. The summed E-state index contributed by atoms with van der Waals surface area (Å²) >= 11 is 0. The van der Waals surface area contributed by atoms with Gasteiger partial charge < -0.3 is 4.55 Å². The number of Topliss-reactive ketones (excluding diaryl/α,β-unsaturated/α-hetero) is 1. The molecule has 0 aliphatic heterocycles. The average molecular weight is 392 g/mol. The molecule has 0 aromatic heterocycles. The zero-order valence-electron chi connectivity index (χ0n) is 16.2. The largest absolute Gasteiger partial charge is 1.00 e. The molecule has 0 amide bonds. The first kappa shape index (κ1) is 21.3. The van der Waals surface area contributed by atoms with Gasteiger partial charge in [-0.1, -0.05) is 13.8 Å². The van der Waals surface area contributed by atoms with Crippen molar-refractivity contribution in [3.8, 4) is 0 Å². The van der Waals surface area contributed by atoms with Crippen LogP contribution in [-0.4, -0.2) is 24.9 Å². The minimum Gasteiger partial charge on any atom is -0.726 e. The molecule has 4 aliphatic rings. The van der Waals surface area contributed by atoms with Gasteiger partial charge in [0, 0.05) is 11.8 Å². The third-order valence-electron chi connectivity index (χ3n) is 8.58. The molecule has 0 spiro atoms. The van der Waals surface area contributed by atoms with Crippen molar-refractivity contribution in [2.24, 2.45) is 34.5 Å². The Bertz CT molecular complexity index is 679. The smallest absolute Gasteiger partial charge is 0.726 e. The van der Waals surface area contributed by atoms with Crippen molar-refractivity contribution < 1.29 is 51.5 Å². The molecule has 4 rings (SSSR count). The molecule has 5 unspecified atom stereocenters. The standard InChI is InChI=1S/C19H30O5S.Na/c1-18-9-7-13(24-25(21,22)23)11-12(18)3-4-14-15-5-6-17(20)19(15,2)10-8-16(14)18;/h12-16H,3-11H2,1-2H3,(H,21,22,23);/q;+1/p-1/t12?,13?,14?,15?,16?,18-,19-;/m0./s1. The second kappa shape index (κ2) is 7.10. The van der Waals surface area contributed by atoms with E-state index in [1.54, 1.807) is 0 Å². The summed E-state index contributed by atoms with van der Waals surface area (Å²) in [6.07, 6.45) is 7.94. The maximum Gasteiger partial charge on any atom is 1.00 e. The maximum absolute atomic E-state index is 12.4. The van der Waals surface area contributed by atoms with Gasteiger partial charge in [-0.3, -0.25) is 8.98 Å². The number of hydrogen-bond acceptors (Lipinski definition) is 5. The summed E-state index contributed by atoms with van der Waals surface area (Å²) in [5.74, 6) is 2.69. The topological polar surface area (TPSA) is 83.5 Å². The zero-order valence-corrected chi connectivity index (χ0v) is 19.0. The summed E-state index contributed by atoms with van der Waals surface area (Å²) in [5.41, 5.74) is 0.101. The minimum absolute atomic E-state index is 0. The van der Waals surface area contributed by atoms with Crippen molar-refractivity contribution in [1.82, 2.24) is 0 Å². The molecule has 142 valence electrons. The van der Waals surface area contributed by atoms with E-state index in [1.165, 1.54) is 0 Å². The van der Waals surface area contributed by atoms with E-state index in [0.717, 1.165) is 44.9 Å². The monoisotopic (exact) mass is 392 g/mol. The fraction of sp³-hybridized carbons (Fsp3) is 0.947. The molecule has 4 fully saturated rings. The Morgan fingerprint density at radius 3 is 2.46 bits per heavy atom. The number of carbonyl (C=O) groups excluding carboxylic acids is 1. The molecular weight excluding hydrogens is 363 g/mol. The van der Waals surface area contributed by atoms with Crippen LogP contribution in [0.2, 0.25) is 0 Å². The maximum atomic E-state index is 12.4. The molecule has 0 bridgehead atoms. The second-order valence-electron chi connectivity index (χ2n) is 9.48. The van der Waals surface area contributed by atoms with Gasteiger partial charge in [0.2, 0.25) is 10.4 Å². The van der Waals surface area contributed by atoms with Crippen molar-refractivity contribution in [2.45, 2.75) is 77.7 Å². The van der Waals surface area contributed by atoms with Gasteiger partial charge >= 0.3 is 29.6 Å². The van der Waals surface area contributed by atoms with Crippen LogP contribution >= 0.6 is 0 Å². The van der Waals surface area contributed by atoms with E-state index in [2.05, 4.69) is 13.8 Å². The molecule has 0 aromatic rings. The Labute approximate surface area is 179 Å². The first-order valence-electron chi connectivity index (χ1n) is 9.81. The van der Waals surface area contributed by atoms with Gasteiger partial charge in [0.1, 0.15) is 5.78 Å².